The van der Waals surface area contributed by atoms with E-state index in [0.717, 1.165) is 13.2 Å². The molecule has 0 radical (unpaired) electrons. The summed E-state index contributed by atoms with van der Waals surface area (Å²) >= 11 is 0. The monoisotopic (exact) mass is 241 g/mol. The third kappa shape index (κ3) is 2.62. The van der Waals surface area contributed by atoms with Crippen LogP contribution in [0.25, 0.3) is 0 Å². The van der Waals surface area contributed by atoms with Crippen LogP contribution >= 0.6 is 0 Å². The van der Waals surface area contributed by atoms with Crippen molar-refractivity contribution in [3.05, 3.63) is 54.6 Å². The number of likely N-dealkylation sites (tertiary alicyclic amines) is 1. The zero-order valence-corrected chi connectivity index (χ0v) is 10.6. The van der Waals surface area contributed by atoms with Crippen molar-refractivity contribution in [3.63, 3.8) is 0 Å². The zero-order valence-electron chi connectivity index (χ0n) is 10.6. The summed E-state index contributed by atoms with van der Waals surface area (Å²) in [5, 5.41) is 0. The molecule has 2 heterocycles. The molecular formula is C15H19N3. The Morgan fingerprint density at radius 3 is 2.89 bits per heavy atom. The Labute approximate surface area is 108 Å². The minimum absolute atomic E-state index is 0.684. The Morgan fingerprint density at radius 1 is 1.22 bits per heavy atom. The fourth-order valence-corrected chi connectivity index (χ4v) is 2.78. The van der Waals surface area contributed by atoms with Crippen LogP contribution in [0.4, 0.5) is 0 Å². The molecule has 1 aromatic heterocycles. The Morgan fingerprint density at radius 2 is 2.11 bits per heavy atom. The molecule has 0 aliphatic carbocycles. The number of aromatic nitrogens is 2. The summed E-state index contributed by atoms with van der Waals surface area (Å²) in [5.74, 6) is 0.684. The van der Waals surface area contributed by atoms with Crippen molar-refractivity contribution in [2.75, 3.05) is 13.1 Å². The van der Waals surface area contributed by atoms with Crippen LogP contribution in [-0.2, 0) is 6.67 Å². The SMILES string of the molecule is c1ccc(C2CCCN(Cn3ccnc3)C2)cc1. The number of rotatable bonds is 3. The topological polar surface area (TPSA) is 21.1 Å². The average molecular weight is 241 g/mol. The molecule has 3 nitrogen and oxygen atoms in total. The van der Waals surface area contributed by atoms with Gasteiger partial charge in [-0.15, -0.1) is 0 Å². The molecule has 1 fully saturated rings. The minimum atomic E-state index is 0.684. The van der Waals surface area contributed by atoms with Crippen LogP contribution in [0.1, 0.15) is 24.3 Å². The number of nitrogens with zero attached hydrogens (tertiary/aromatic N) is 3. The lowest BCUT2D eigenvalue weighted by Gasteiger charge is -2.33. The normalized spacial score (nSPS) is 21.0. The first-order chi connectivity index (χ1) is 8.92. The molecule has 0 saturated carbocycles. The molecule has 0 spiro atoms. The summed E-state index contributed by atoms with van der Waals surface area (Å²) in [6, 6.07) is 10.9. The summed E-state index contributed by atoms with van der Waals surface area (Å²) in [6.07, 6.45) is 8.37. The summed E-state index contributed by atoms with van der Waals surface area (Å²) in [5.41, 5.74) is 1.48. The van der Waals surface area contributed by atoms with Crippen LogP contribution in [0.3, 0.4) is 0 Å². The first-order valence-electron chi connectivity index (χ1n) is 6.65. The number of piperidine rings is 1. The van der Waals surface area contributed by atoms with Crippen molar-refractivity contribution in [2.24, 2.45) is 0 Å². The number of hydrogen-bond donors (Lipinski definition) is 0. The van der Waals surface area contributed by atoms with Gasteiger partial charge in [-0.3, -0.25) is 4.90 Å². The molecule has 0 N–H and O–H groups in total. The third-order valence-electron chi connectivity index (χ3n) is 3.70. The fourth-order valence-electron chi connectivity index (χ4n) is 2.78. The number of hydrogen-bond acceptors (Lipinski definition) is 2. The van der Waals surface area contributed by atoms with Gasteiger partial charge >= 0.3 is 0 Å². The second-order valence-corrected chi connectivity index (χ2v) is 5.05. The quantitative estimate of drug-likeness (QED) is 0.824. The van der Waals surface area contributed by atoms with Crippen molar-refractivity contribution in [1.82, 2.24) is 14.5 Å². The maximum Gasteiger partial charge on any atom is 0.0956 e. The van der Waals surface area contributed by atoms with Crippen molar-refractivity contribution in [2.45, 2.75) is 25.4 Å². The van der Waals surface area contributed by atoms with E-state index < -0.39 is 0 Å². The second-order valence-electron chi connectivity index (χ2n) is 5.05. The number of imidazole rings is 1. The molecule has 1 atom stereocenters. The predicted molar refractivity (Wildman–Crippen MR) is 72.2 cm³/mol. The van der Waals surface area contributed by atoms with Crippen molar-refractivity contribution in [3.8, 4) is 0 Å². The van der Waals surface area contributed by atoms with Crippen LogP contribution in [0.15, 0.2) is 49.1 Å². The molecule has 1 aliphatic rings. The summed E-state index contributed by atoms with van der Waals surface area (Å²) in [7, 11) is 0. The fraction of sp³-hybridized carbons (Fsp3) is 0.400. The van der Waals surface area contributed by atoms with Gasteiger partial charge in [0.15, 0.2) is 0 Å². The van der Waals surface area contributed by atoms with Gasteiger partial charge in [0.2, 0.25) is 0 Å². The standard InChI is InChI=1S/C15H19N3/c1-2-5-14(6-3-1)15-7-4-9-17(11-15)13-18-10-8-16-12-18/h1-3,5-6,8,10,12,15H,4,7,9,11,13H2. The molecular weight excluding hydrogens is 222 g/mol. The molecule has 3 rings (SSSR count). The van der Waals surface area contributed by atoms with Gasteiger partial charge in [-0.25, -0.2) is 4.98 Å². The largest absolute Gasteiger partial charge is 0.324 e. The van der Waals surface area contributed by atoms with Gasteiger partial charge in [-0.1, -0.05) is 30.3 Å². The average Bonchev–Trinajstić information content (AvgIpc) is 2.93. The Bertz CT molecular complexity index is 464. The van der Waals surface area contributed by atoms with Gasteiger partial charge in [0.1, 0.15) is 0 Å². The molecule has 0 bridgehead atoms. The van der Waals surface area contributed by atoms with Crippen molar-refractivity contribution >= 4 is 0 Å². The van der Waals surface area contributed by atoms with E-state index in [4.69, 9.17) is 0 Å². The second kappa shape index (κ2) is 5.36. The lowest BCUT2D eigenvalue weighted by Crippen LogP contribution is -2.35. The Balaban J connectivity index is 1.65. The van der Waals surface area contributed by atoms with Crippen LogP contribution in [-0.4, -0.2) is 27.5 Å². The van der Waals surface area contributed by atoms with E-state index in [1.54, 1.807) is 0 Å². The van der Waals surface area contributed by atoms with E-state index in [9.17, 15) is 0 Å². The molecule has 1 aromatic carbocycles. The van der Waals surface area contributed by atoms with E-state index >= 15 is 0 Å². The Kier molecular flexibility index (Phi) is 3.42. The molecule has 1 aliphatic heterocycles. The van der Waals surface area contributed by atoms with Gasteiger partial charge < -0.3 is 4.57 Å². The van der Waals surface area contributed by atoms with E-state index in [2.05, 4.69) is 44.8 Å². The summed E-state index contributed by atoms with van der Waals surface area (Å²) < 4.78 is 2.15. The van der Waals surface area contributed by atoms with Crippen LogP contribution in [0.5, 0.6) is 0 Å². The van der Waals surface area contributed by atoms with Crippen LogP contribution in [0.2, 0.25) is 0 Å². The maximum atomic E-state index is 4.10. The van der Waals surface area contributed by atoms with Crippen LogP contribution < -0.4 is 0 Å². The molecule has 94 valence electrons. The van der Waals surface area contributed by atoms with E-state index in [0.29, 0.717) is 5.92 Å². The minimum Gasteiger partial charge on any atom is -0.324 e. The predicted octanol–water partition coefficient (Wildman–Crippen LogP) is 2.72. The summed E-state index contributed by atoms with van der Waals surface area (Å²) in [4.78, 5) is 6.62. The lowest BCUT2D eigenvalue weighted by molar-refractivity contribution is 0.165. The van der Waals surface area contributed by atoms with Crippen molar-refractivity contribution in [1.29, 1.82) is 0 Å². The summed E-state index contributed by atoms with van der Waals surface area (Å²) in [6.45, 7) is 3.31. The van der Waals surface area contributed by atoms with Gasteiger partial charge in [0.25, 0.3) is 0 Å². The lowest BCUT2D eigenvalue weighted by atomic mass is 9.91. The molecule has 2 aromatic rings. The first kappa shape index (κ1) is 11.5. The third-order valence-corrected chi connectivity index (χ3v) is 3.70. The maximum absolute atomic E-state index is 4.10. The number of benzene rings is 1. The highest BCUT2D eigenvalue weighted by molar-refractivity contribution is 5.20. The molecule has 3 heteroatoms. The van der Waals surface area contributed by atoms with E-state index in [1.807, 2.05) is 18.7 Å². The first-order valence-corrected chi connectivity index (χ1v) is 6.65. The molecule has 18 heavy (non-hydrogen) atoms. The molecule has 1 saturated heterocycles. The van der Waals surface area contributed by atoms with Gasteiger partial charge in [-0.05, 0) is 30.9 Å². The highest BCUT2D eigenvalue weighted by Crippen LogP contribution is 2.26. The van der Waals surface area contributed by atoms with Gasteiger partial charge in [0.05, 0.1) is 13.0 Å². The van der Waals surface area contributed by atoms with E-state index in [1.165, 1.54) is 24.9 Å². The van der Waals surface area contributed by atoms with Gasteiger partial charge in [0, 0.05) is 18.9 Å². The highest BCUT2D eigenvalue weighted by atomic mass is 15.3. The van der Waals surface area contributed by atoms with Gasteiger partial charge in [-0.2, -0.15) is 0 Å². The van der Waals surface area contributed by atoms with Crippen molar-refractivity contribution < 1.29 is 0 Å². The van der Waals surface area contributed by atoms with Crippen LogP contribution in [0, 0.1) is 0 Å². The Hall–Kier alpha value is -1.61. The molecule has 0 amide bonds. The molecule has 1 unspecified atom stereocenters. The smallest absolute Gasteiger partial charge is 0.0956 e. The zero-order chi connectivity index (χ0) is 12.2. The van der Waals surface area contributed by atoms with E-state index in [-0.39, 0.29) is 0 Å². The highest BCUT2D eigenvalue weighted by Gasteiger charge is 2.20.